The number of hydrogen-bond donors (Lipinski definition) is 0. The zero-order valence-electron chi connectivity index (χ0n) is 10.4. The molecule has 0 amide bonds. The number of esters is 1. The minimum Gasteiger partial charge on any atom is -0.468 e. The fourth-order valence-corrected chi connectivity index (χ4v) is 2.35. The van der Waals surface area contributed by atoms with Crippen LogP contribution in [0.25, 0.3) is 0 Å². The maximum atomic E-state index is 11.8. The van der Waals surface area contributed by atoms with Gasteiger partial charge in [0.25, 0.3) is 0 Å². The highest BCUT2D eigenvalue weighted by molar-refractivity contribution is 5.80. The molecule has 1 heterocycles. The van der Waals surface area contributed by atoms with Crippen molar-refractivity contribution < 1.29 is 9.53 Å². The summed E-state index contributed by atoms with van der Waals surface area (Å²) in [7, 11) is 1.48. The maximum absolute atomic E-state index is 11.8. The Balaban J connectivity index is 2.75. The Morgan fingerprint density at radius 3 is 2.73 bits per heavy atom. The Hall–Kier alpha value is -0.570. The van der Waals surface area contributed by atoms with Gasteiger partial charge < -0.3 is 4.74 Å². The van der Waals surface area contributed by atoms with Crippen LogP contribution >= 0.6 is 0 Å². The van der Waals surface area contributed by atoms with Gasteiger partial charge in [-0.15, -0.1) is 0 Å². The molecule has 0 radical (unpaired) electrons. The Bertz CT molecular complexity index is 230. The highest BCUT2D eigenvalue weighted by Gasteiger charge is 2.40. The molecule has 0 unspecified atom stereocenters. The summed E-state index contributed by atoms with van der Waals surface area (Å²) in [4.78, 5) is 14.1. The van der Waals surface area contributed by atoms with E-state index in [4.69, 9.17) is 4.74 Å². The lowest BCUT2D eigenvalue weighted by atomic mass is 9.90. The molecule has 0 aromatic rings. The number of carbonyl (C=O) groups excluding carboxylic acids is 1. The molecule has 0 bridgehead atoms. The second-order valence-electron chi connectivity index (χ2n) is 4.81. The number of likely N-dealkylation sites (tertiary alicyclic amines) is 1. The van der Waals surface area contributed by atoms with Crippen LogP contribution in [0.15, 0.2) is 0 Å². The van der Waals surface area contributed by atoms with Crippen molar-refractivity contribution in [3.63, 3.8) is 0 Å². The molecule has 0 N–H and O–H groups in total. The standard InChI is InChI=1S/C12H23NO2/c1-5-12(3,11(14)15-4)13-8-6-7-10(2)9-13/h10H,5-9H2,1-4H3/t10-,12-/m1/s1. The van der Waals surface area contributed by atoms with E-state index in [0.717, 1.165) is 19.5 Å². The lowest BCUT2D eigenvalue weighted by molar-refractivity contribution is -0.156. The largest absolute Gasteiger partial charge is 0.468 e. The quantitative estimate of drug-likeness (QED) is 0.672. The molecule has 1 rings (SSSR count). The maximum Gasteiger partial charge on any atom is 0.325 e. The number of hydrogen-bond acceptors (Lipinski definition) is 3. The molecule has 3 nitrogen and oxygen atoms in total. The Labute approximate surface area is 92.8 Å². The van der Waals surface area contributed by atoms with Gasteiger partial charge >= 0.3 is 5.97 Å². The normalized spacial score (nSPS) is 27.1. The third-order valence-electron chi connectivity index (χ3n) is 3.67. The first-order chi connectivity index (χ1) is 7.04. The summed E-state index contributed by atoms with van der Waals surface area (Å²) in [5, 5.41) is 0. The molecule has 0 aromatic carbocycles. The zero-order chi connectivity index (χ0) is 11.5. The average Bonchev–Trinajstić information content (AvgIpc) is 2.26. The summed E-state index contributed by atoms with van der Waals surface area (Å²) in [5.41, 5.74) is -0.427. The van der Waals surface area contributed by atoms with Gasteiger partial charge in [-0.05, 0) is 38.6 Å². The van der Waals surface area contributed by atoms with Crippen LogP contribution in [-0.2, 0) is 9.53 Å². The van der Waals surface area contributed by atoms with E-state index in [9.17, 15) is 4.79 Å². The molecular weight excluding hydrogens is 190 g/mol. The lowest BCUT2D eigenvalue weighted by Crippen LogP contribution is -2.55. The molecular formula is C12H23NO2. The van der Waals surface area contributed by atoms with Crippen molar-refractivity contribution in [2.75, 3.05) is 20.2 Å². The summed E-state index contributed by atoms with van der Waals surface area (Å²) in [6, 6.07) is 0. The number of methoxy groups -OCH3 is 1. The van der Waals surface area contributed by atoms with Crippen molar-refractivity contribution in [2.45, 2.75) is 45.6 Å². The molecule has 3 heteroatoms. The van der Waals surface area contributed by atoms with Crippen LogP contribution in [-0.4, -0.2) is 36.6 Å². The van der Waals surface area contributed by atoms with Crippen LogP contribution in [0.3, 0.4) is 0 Å². The van der Waals surface area contributed by atoms with Crippen LogP contribution in [0.5, 0.6) is 0 Å². The predicted octanol–water partition coefficient (Wildman–Crippen LogP) is 2.06. The van der Waals surface area contributed by atoms with Gasteiger partial charge in [0.2, 0.25) is 0 Å². The first kappa shape index (κ1) is 12.5. The van der Waals surface area contributed by atoms with Crippen LogP contribution in [0.1, 0.15) is 40.0 Å². The van der Waals surface area contributed by atoms with Crippen molar-refractivity contribution in [1.82, 2.24) is 4.90 Å². The van der Waals surface area contributed by atoms with E-state index in [0.29, 0.717) is 5.92 Å². The first-order valence-electron chi connectivity index (χ1n) is 5.88. The van der Waals surface area contributed by atoms with Gasteiger partial charge in [-0.25, -0.2) is 0 Å². The average molecular weight is 213 g/mol. The molecule has 0 saturated carbocycles. The van der Waals surface area contributed by atoms with Crippen LogP contribution < -0.4 is 0 Å². The number of nitrogens with zero attached hydrogens (tertiary/aromatic N) is 1. The SMILES string of the molecule is CC[C@](C)(C(=O)OC)N1CCC[C@@H](C)C1. The predicted molar refractivity (Wildman–Crippen MR) is 60.7 cm³/mol. The highest BCUT2D eigenvalue weighted by Crippen LogP contribution is 2.27. The minimum atomic E-state index is -0.427. The topological polar surface area (TPSA) is 29.5 Å². The van der Waals surface area contributed by atoms with Gasteiger partial charge in [0.15, 0.2) is 0 Å². The van der Waals surface area contributed by atoms with E-state index in [-0.39, 0.29) is 5.97 Å². The summed E-state index contributed by atoms with van der Waals surface area (Å²) in [5.74, 6) is 0.591. The van der Waals surface area contributed by atoms with E-state index >= 15 is 0 Å². The molecule has 1 saturated heterocycles. The van der Waals surface area contributed by atoms with Crippen molar-refractivity contribution in [3.8, 4) is 0 Å². The van der Waals surface area contributed by atoms with Crippen molar-refractivity contribution in [2.24, 2.45) is 5.92 Å². The van der Waals surface area contributed by atoms with Crippen LogP contribution in [0, 0.1) is 5.92 Å². The molecule has 0 aromatic heterocycles. The fraction of sp³-hybridized carbons (Fsp3) is 0.917. The monoisotopic (exact) mass is 213 g/mol. The third-order valence-corrected chi connectivity index (χ3v) is 3.67. The first-order valence-corrected chi connectivity index (χ1v) is 5.88. The molecule has 0 spiro atoms. The number of carbonyl (C=O) groups is 1. The summed E-state index contributed by atoms with van der Waals surface area (Å²) < 4.78 is 4.91. The minimum absolute atomic E-state index is 0.0981. The molecule has 1 aliphatic heterocycles. The van der Waals surface area contributed by atoms with E-state index in [2.05, 4.69) is 18.7 Å². The number of ether oxygens (including phenoxy) is 1. The van der Waals surface area contributed by atoms with Crippen LogP contribution in [0.2, 0.25) is 0 Å². The Morgan fingerprint density at radius 2 is 2.27 bits per heavy atom. The van der Waals surface area contributed by atoms with E-state index in [1.165, 1.54) is 20.0 Å². The van der Waals surface area contributed by atoms with Crippen molar-refractivity contribution in [3.05, 3.63) is 0 Å². The Kier molecular flexibility index (Phi) is 4.14. The van der Waals surface area contributed by atoms with Gasteiger partial charge in [0.05, 0.1) is 7.11 Å². The number of piperidine rings is 1. The van der Waals surface area contributed by atoms with Gasteiger partial charge in [0, 0.05) is 6.54 Å². The smallest absolute Gasteiger partial charge is 0.325 e. The van der Waals surface area contributed by atoms with Gasteiger partial charge in [-0.3, -0.25) is 9.69 Å². The van der Waals surface area contributed by atoms with Gasteiger partial charge in [-0.1, -0.05) is 13.8 Å². The second-order valence-corrected chi connectivity index (χ2v) is 4.81. The number of rotatable bonds is 3. The van der Waals surface area contributed by atoms with Gasteiger partial charge in [0.1, 0.15) is 5.54 Å². The molecule has 15 heavy (non-hydrogen) atoms. The zero-order valence-corrected chi connectivity index (χ0v) is 10.4. The molecule has 88 valence electrons. The molecule has 0 aliphatic carbocycles. The second kappa shape index (κ2) is 4.97. The van der Waals surface area contributed by atoms with E-state index in [1.54, 1.807) is 0 Å². The molecule has 1 fully saturated rings. The van der Waals surface area contributed by atoms with Crippen molar-refractivity contribution in [1.29, 1.82) is 0 Å². The highest BCUT2D eigenvalue weighted by atomic mass is 16.5. The van der Waals surface area contributed by atoms with E-state index in [1.807, 2.05) is 6.92 Å². The fourth-order valence-electron chi connectivity index (χ4n) is 2.35. The molecule has 1 aliphatic rings. The lowest BCUT2D eigenvalue weighted by Gasteiger charge is -2.42. The van der Waals surface area contributed by atoms with Crippen molar-refractivity contribution >= 4 is 5.97 Å². The summed E-state index contributed by atoms with van der Waals surface area (Å²) >= 11 is 0. The third kappa shape index (κ3) is 2.51. The summed E-state index contributed by atoms with van der Waals surface area (Å²) in [6.07, 6.45) is 3.28. The van der Waals surface area contributed by atoms with Gasteiger partial charge in [-0.2, -0.15) is 0 Å². The Morgan fingerprint density at radius 1 is 1.60 bits per heavy atom. The molecule has 2 atom stereocenters. The van der Waals surface area contributed by atoms with E-state index < -0.39 is 5.54 Å². The summed E-state index contributed by atoms with van der Waals surface area (Å²) in [6.45, 7) is 8.33. The van der Waals surface area contributed by atoms with Crippen LogP contribution in [0.4, 0.5) is 0 Å².